The Morgan fingerprint density at radius 2 is 1.61 bits per heavy atom. The largest absolute Gasteiger partial charge is 0.492 e. The summed E-state index contributed by atoms with van der Waals surface area (Å²) >= 11 is 1.31. The lowest BCUT2D eigenvalue weighted by molar-refractivity contribution is -0.137. The number of para-hydroxylation sites is 1. The molecule has 5 aromatic rings. The first kappa shape index (κ1) is 30.2. The van der Waals surface area contributed by atoms with Crippen LogP contribution in [0, 0.1) is 5.82 Å². The van der Waals surface area contributed by atoms with Gasteiger partial charge in [0.05, 0.1) is 11.4 Å². The van der Waals surface area contributed by atoms with Crippen LogP contribution in [0.2, 0.25) is 0 Å². The molecule has 5 rings (SSSR count). The molecular formula is C35H29FN2O5S. The number of nitrogens with one attached hydrogen (secondary N) is 1. The van der Waals surface area contributed by atoms with E-state index in [2.05, 4.69) is 5.32 Å². The zero-order valence-corrected chi connectivity index (χ0v) is 24.4. The number of carboxylic acids is 1. The third-order valence-corrected chi connectivity index (χ3v) is 7.74. The maximum absolute atomic E-state index is 13.9. The lowest BCUT2D eigenvalue weighted by Gasteiger charge is -2.22. The normalized spacial score (nSPS) is 11.4. The van der Waals surface area contributed by atoms with E-state index in [9.17, 15) is 23.9 Å². The summed E-state index contributed by atoms with van der Waals surface area (Å²) in [5.41, 5.74) is 2.52. The number of thiophene rings is 1. The lowest BCUT2D eigenvalue weighted by atomic mass is 10.00. The van der Waals surface area contributed by atoms with Crippen LogP contribution in [0.4, 0.5) is 15.8 Å². The number of hydrogen-bond acceptors (Lipinski definition) is 6. The Hall–Kier alpha value is -5.28. The van der Waals surface area contributed by atoms with Gasteiger partial charge in [-0.1, -0.05) is 66.7 Å². The number of carbonyl (C=O) groups is 3. The van der Waals surface area contributed by atoms with Crippen molar-refractivity contribution in [3.8, 4) is 5.75 Å². The second kappa shape index (κ2) is 14.3. The molecule has 4 aromatic carbocycles. The first-order chi connectivity index (χ1) is 21.4. The predicted octanol–water partition coefficient (Wildman–Crippen LogP) is 6.95. The summed E-state index contributed by atoms with van der Waals surface area (Å²) in [4.78, 5) is 40.4. The molecule has 1 amide bonds. The van der Waals surface area contributed by atoms with Crippen LogP contribution in [0.1, 0.15) is 31.2 Å². The summed E-state index contributed by atoms with van der Waals surface area (Å²) in [5.74, 6) is -1.41. The van der Waals surface area contributed by atoms with Crippen LogP contribution in [-0.2, 0) is 11.2 Å². The molecule has 0 aliphatic heterocycles. The fourth-order valence-electron chi connectivity index (χ4n) is 4.68. The second-order valence-electron chi connectivity index (χ2n) is 9.89. The minimum absolute atomic E-state index is 0.151. The van der Waals surface area contributed by atoms with Crippen molar-refractivity contribution in [1.82, 2.24) is 0 Å². The van der Waals surface area contributed by atoms with Crippen LogP contribution in [0.3, 0.4) is 0 Å². The molecule has 222 valence electrons. The van der Waals surface area contributed by atoms with Gasteiger partial charge in [0.15, 0.2) is 5.78 Å². The molecule has 0 aliphatic carbocycles. The van der Waals surface area contributed by atoms with Crippen molar-refractivity contribution in [3.05, 3.63) is 148 Å². The standard InChI is InChI=1S/C35H29FN2O5S/c36-26-10-6-11-27(23-26)38(34(40)32-14-7-21-44-32)19-20-43-28-17-15-24(16-18-28)22-31(35(41)42)37-30-13-5-4-12-29(30)33(39)25-8-2-1-3-9-25/h1-18,21,23,31,37H,19-20,22H2,(H,41,42)/t31-/m0/s1. The van der Waals surface area contributed by atoms with Crippen molar-refractivity contribution in [1.29, 1.82) is 0 Å². The number of hydrogen-bond donors (Lipinski definition) is 2. The Kier molecular flexibility index (Phi) is 9.78. The molecule has 0 unspecified atom stereocenters. The molecule has 0 saturated heterocycles. The quantitative estimate of drug-likeness (QED) is 0.141. The van der Waals surface area contributed by atoms with Crippen LogP contribution in [0.5, 0.6) is 5.75 Å². The third-order valence-electron chi connectivity index (χ3n) is 6.88. The Bertz CT molecular complexity index is 1730. The van der Waals surface area contributed by atoms with Gasteiger partial charge in [0, 0.05) is 28.9 Å². The maximum Gasteiger partial charge on any atom is 0.326 e. The molecule has 0 fully saturated rings. The number of ether oxygens (including phenoxy) is 1. The minimum Gasteiger partial charge on any atom is -0.492 e. The van der Waals surface area contributed by atoms with Crippen LogP contribution < -0.4 is 15.0 Å². The maximum atomic E-state index is 13.9. The van der Waals surface area contributed by atoms with Gasteiger partial charge < -0.3 is 20.1 Å². The monoisotopic (exact) mass is 608 g/mol. The van der Waals surface area contributed by atoms with E-state index in [4.69, 9.17) is 4.74 Å². The van der Waals surface area contributed by atoms with E-state index in [-0.39, 0.29) is 31.3 Å². The smallest absolute Gasteiger partial charge is 0.326 e. The summed E-state index contributed by atoms with van der Waals surface area (Å²) in [5, 5.41) is 14.8. The first-order valence-electron chi connectivity index (χ1n) is 13.9. The Balaban J connectivity index is 1.22. The van der Waals surface area contributed by atoms with E-state index in [0.29, 0.717) is 33.1 Å². The van der Waals surface area contributed by atoms with E-state index < -0.39 is 17.8 Å². The summed E-state index contributed by atoms with van der Waals surface area (Å²) in [6, 6.07) is 31.1. The number of aliphatic carboxylic acids is 1. The molecule has 1 atom stereocenters. The van der Waals surface area contributed by atoms with Gasteiger partial charge >= 0.3 is 5.97 Å². The topological polar surface area (TPSA) is 95.9 Å². The summed E-state index contributed by atoms with van der Waals surface area (Å²) in [6.45, 7) is 0.340. The molecule has 1 heterocycles. The number of nitrogens with zero attached hydrogens (tertiary/aromatic N) is 1. The van der Waals surface area contributed by atoms with Crippen molar-refractivity contribution in [2.24, 2.45) is 0 Å². The van der Waals surface area contributed by atoms with Crippen LogP contribution >= 0.6 is 11.3 Å². The van der Waals surface area contributed by atoms with E-state index in [1.54, 1.807) is 97.1 Å². The number of carboxylic acid groups (broad SMARTS) is 1. The van der Waals surface area contributed by atoms with Crippen LogP contribution in [0.25, 0.3) is 0 Å². The molecule has 0 spiro atoms. The number of rotatable bonds is 13. The zero-order valence-electron chi connectivity index (χ0n) is 23.6. The molecule has 2 N–H and O–H groups in total. The van der Waals surface area contributed by atoms with Gasteiger partial charge in [-0.2, -0.15) is 0 Å². The number of benzene rings is 4. The average Bonchev–Trinajstić information content (AvgIpc) is 3.59. The third kappa shape index (κ3) is 7.56. The van der Waals surface area contributed by atoms with Gasteiger partial charge in [-0.25, -0.2) is 9.18 Å². The van der Waals surface area contributed by atoms with Gasteiger partial charge in [0.1, 0.15) is 24.2 Å². The summed E-state index contributed by atoms with van der Waals surface area (Å²) in [6.07, 6.45) is 0.159. The molecule has 1 aromatic heterocycles. The first-order valence-corrected chi connectivity index (χ1v) is 14.8. The SMILES string of the molecule is O=C(c1ccccc1)c1ccccc1N[C@@H](Cc1ccc(OCCN(C(=O)c2cccs2)c2cccc(F)c2)cc1)C(=O)O. The van der Waals surface area contributed by atoms with Gasteiger partial charge in [0.2, 0.25) is 0 Å². The molecule has 44 heavy (non-hydrogen) atoms. The highest BCUT2D eigenvalue weighted by atomic mass is 32.1. The van der Waals surface area contributed by atoms with Crippen molar-refractivity contribution in [3.63, 3.8) is 0 Å². The fourth-order valence-corrected chi connectivity index (χ4v) is 5.35. The van der Waals surface area contributed by atoms with Crippen molar-refractivity contribution in [2.75, 3.05) is 23.4 Å². The molecule has 0 saturated carbocycles. The van der Waals surface area contributed by atoms with Gasteiger partial charge in [-0.15, -0.1) is 11.3 Å². The van der Waals surface area contributed by atoms with Crippen LogP contribution in [0.15, 0.2) is 121 Å². The van der Waals surface area contributed by atoms with Crippen LogP contribution in [-0.4, -0.2) is 42.0 Å². The highest BCUT2D eigenvalue weighted by molar-refractivity contribution is 7.12. The number of anilines is 2. The minimum atomic E-state index is -1.06. The van der Waals surface area contributed by atoms with E-state index in [1.165, 1.54) is 28.4 Å². The van der Waals surface area contributed by atoms with Crippen molar-refractivity contribution < 1.29 is 28.6 Å². The molecule has 9 heteroatoms. The Labute approximate surface area is 258 Å². The number of carbonyl (C=O) groups excluding carboxylic acids is 2. The Morgan fingerprint density at radius 3 is 2.32 bits per heavy atom. The molecule has 0 radical (unpaired) electrons. The summed E-state index contributed by atoms with van der Waals surface area (Å²) < 4.78 is 19.8. The van der Waals surface area contributed by atoms with E-state index in [0.717, 1.165) is 5.56 Å². The predicted molar refractivity (Wildman–Crippen MR) is 169 cm³/mol. The van der Waals surface area contributed by atoms with Crippen molar-refractivity contribution in [2.45, 2.75) is 12.5 Å². The fraction of sp³-hybridized carbons (Fsp3) is 0.114. The number of halogens is 1. The summed E-state index contributed by atoms with van der Waals surface area (Å²) in [7, 11) is 0. The zero-order chi connectivity index (χ0) is 30.9. The molecule has 7 nitrogen and oxygen atoms in total. The molecular weight excluding hydrogens is 579 g/mol. The Morgan fingerprint density at radius 1 is 0.864 bits per heavy atom. The highest BCUT2D eigenvalue weighted by Gasteiger charge is 2.22. The van der Waals surface area contributed by atoms with Gasteiger partial charge in [0.25, 0.3) is 5.91 Å². The average molecular weight is 609 g/mol. The van der Waals surface area contributed by atoms with Gasteiger partial charge in [-0.05, 0) is 59.5 Å². The van der Waals surface area contributed by atoms with Crippen molar-refractivity contribution >= 4 is 40.4 Å². The second-order valence-corrected chi connectivity index (χ2v) is 10.8. The lowest BCUT2D eigenvalue weighted by Crippen LogP contribution is -2.34. The molecule has 0 bridgehead atoms. The van der Waals surface area contributed by atoms with E-state index in [1.807, 2.05) is 11.4 Å². The van der Waals surface area contributed by atoms with Gasteiger partial charge in [-0.3, -0.25) is 9.59 Å². The highest BCUT2D eigenvalue weighted by Crippen LogP contribution is 2.23. The number of amides is 1. The van der Waals surface area contributed by atoms with E-state index >= 15 is 0 Å². The molecule has 0 aliphatic rings. The number of ketones is 1.